The van der Waals surface area contributed by atoms with Gasteiger partial charge in [0.1, 0.15) is 0 Å². The molecule has 2 nitrogen and oxygen atoms in total. The van der Waals surface area contributed by atoms with Gasteiger partial charge in [-0.3, -0.25) is 4.90 Å². The van der Waals surface area contributed by atoms with Gasteiger partial charge in [0, 0.05) is 24.5 Å². The molecular formula is C11H20BrNO. The van der Waals surface area contributed by atoms with Crippen LogP contribution in [0.3, 0.4) is 0 Å². The van der Waals surface area contributed by atoms with Crippen LogP contribution in [0.4, 0.5) is 0 Å². The molecule has 0 aromatic carbocycles. The number of morpholine rings is 1. The van der Waals surface area contributed by atoms with Crippen molar-refractivity contribution >= 4 is 15.9 Å². The van der Waals surface area contributed by atoms with Crippen LogP contribution in [0, 0.1) is 5.41 Å². The number of ether oxygens (including phenoxy) is 1. The minimum atomic E-state index is 0.414. The minimum Gasteiger partial charge on any atom is -0.376 e. The van der Waals surface area contributed by atoms with Crippen molar-refractivity contribution in [2.45, 2.75) is 38.8 Å². The van der Waals surface area contributed by atoms with E-state index in [1.165, 1.54) is 24.7 Å². The maximum Gasteiger partial charge on any atom is 0.0674 e. The Bertz CT molecular complexity index is 205. The Kier molecular flexibility index (Phi) is 3.20. The summed E-state index contributed by atoms with van der Waals surface area (Å²) >= 11 is 3.64. The molecule has 1 heterocycles. The van der Waals surface area contributed by atoms with E-state index in [2.05, 4.69) is 34.7 Å². The van der Waals surface area contributed by atoms with E-state index in [0.29, 0.717) is 17.6 Å². The van der Waals surface area contributed by atoms with Crippen LogP contribution in [-0.4, -0.2) is 42.1 Å². The van der Waals surface area contributed by atoms with E-state index in [1.807, 2.05) is 0 Å². The van der Waals surface area contributed by atoms with E-state index in [1.54, 1.807) is 0 Å². The molecule has 0 spiro atoms. The summed E-state index contributed by atoms with van der Waals surface area (Å²) < 4.78 is 5.64. The van der Waals surface area contributed by atoms with Crippen LogP contribution in [0.1, 0.15) is 26.7 Å². The van der Waals surface area contributed by atoms with Crippen molar-refractivity contribution < 1.29 is 4.74 Å². The van der Waals surface area contributed by atoms with Crippen LogP contribution in [0.5, 0.6) is 0 Å². The van der Waals surface area contributed by atoms with Gasteiger partial charge in [-0.05, 0) is 32.1 Å². The largest absolute Gasteiger partial charge is 0.376 e. The van der Waals surface area contributed by atoms with Gasteiger partial charge in [-0.2, -0.15) is 0 Å². The van der Waals surface area contributed by atoms with Gasteiger partial charge < -0.3 is 4.74 Å². The molecule has 0 N–H and O–H groups in total. The predicted molar refractivity (Wildman–Crippen MR) is 61.9 cm³/mol. The molecule has 0 aromatic heterocycles. The summed E-state index contributed by atoms with van der Waals surface area (Å²) in [5.74, 6) is 0. The molecule has 14 heavy (non-hydrogen) atoms. The Hall–Kier alpha value is 0.400. The molecule has 0 aromatic rings. The first kappa shape index (κ1) is 10.9. The highest BCUT2D eigenvalue weighted by Gasteiger charge is 2.44. The zero-order valence-electron chi connectivity index (χ0n) is 9.13. The highest BCUT2D eigenvalue weighted by Crippen LogP contribution is 2.48. The van der Waals surface area contributed by atoms with Gasteiger partial charge in [0.2, 0.25) is 0 Å². The maximum absolute atomic E-state index is 5.64. The van der Waals surface area contributed by atoms with Gasteiger partial charge in [0.15, 0.2) is 0 Å². The first-order valence-electron chi connectivity index (χ1n) is 5.57. The lowest BCUT2D eigenvalue weighted by Crippen LogP contribution is -2.49. The normalized spacial score (nSPS) is 37.1. The summed E-state index contributed by atoms with van der Waals surface area (Å²) in [7, 11) is 0. The van der Waals surface area contributed by atoms with Gasteiger partial charge >= 0.3 is 0 Å². The fourth-order valence-electron chi connectivity index (χ4n) is 2.13. The second-order valence-electron chi connectivity index (χ2n) is 5.06. The maximum atomic E-state index is 5.64. The van der Waals surface area contributed by atoms with Crippen LogP contribution < -0.4 is 0 Å². The third-order valence-electron chi connectivity index (χ3n) is 3.52. The Morgan fingerprint density at radius 1 is 1.43 bits per heavy atom. The van der Waals surface area contributed by atoms with Gasteiger partial charge in [-0.25, -0.2) is 0 Å². The van der Waals surface area contributed by atoms with Crippen molar-refractivity contribution in [2.75, 3.05) is 25.0 Å². The molecule has 2 atom stereocenters. The predicted octanol–water partition coefficient (Wildman–Crippen LogP) is 2.27. The molecule has 82 valence electrons. The summed E-state index contributed by atoms with van der Waals surface area (Å²) in [5, 5.41) is 1.17. The molecular weight excluding hydrogens is 242 g/mol. The van der Waals surface area contributed by atoms with E-state index in [4.69, 9.17) is 4.74 Å². The molecule has 1 saturated heterocycles. The molecule has 0 amide bonds. The summed E-state index contributed by atoms with van der Waals surface area (Å²) in [6.07, 6.45) is 3.21. The second-order valence-corrected chi connectivity index (χ2v) is 5.62. The van der Waals surface area contributed by atoms with Crippen LogP contribution in [0.2, 0.25) is 0 Å². The monoisotopic (exact) mass is 261 g/mol. The molecule has 3 heteroatoms. The highest BCUT2D eigenvalue weighted by atomic mass is 79.9. The fourth-order valence-corrected chi connectivity index (χ4v) is 2.87. The lowest BCUT2D eigenvalue weighted by molar-refractivity contribution is -0.0546. The van der Waals surface area contributed by atoms with Gasteiger partial charge in [-0.15, -0.1) is 0 Å². The Morgan fingerprint density at radius 3 is 2.71 bits per heavy atom. The van der Waals surface area contributed by atoms with E-state index >= 15 is 0 Å². The van der Waals surface area contributed by atoms with Crippen LogP contribution in [0.25, 0.3) is 0 Å². The standard InChI is InChI=1S/C11H20BrNO/c1-9-6-14-10(2)5-13(9)8-11(7-12)3-4-11/h9-10H,3-8H2,1-2H3. The van der Waals surface area contributed by atoms with E-state index in [0.717, 1.165) is 13.2 Å². The number of hydrogen-bond donors (Lipinski definition) is 0. The smallest absolute Gasteiger partial charge is 0.0674 e. The van der Waals surface area contributed by atoms with Gasteiger partial charge in [0.25, 0.3) is 0 Å². The van der Waals surface area contributed by atoms with Crippen molar-refractivity contribution in [1.29, 1.82) is 0 Å². The van der Waals surface area contributed by atoms with Gasteiger partial charge in [0.05, 0.1) is 12.7 Å². The van der Waals surface area contributed by atoms with Crippen molar-refractivity contribution in [3.8, 4) is 0 Å². The molecule has 2 aliphatic rings. The first-order chi connectivity index (χ1) is 6.65. The minimum absolute atomic E-state index is 0.414. The molecule has 0 radical (unpaired) electrons. The van der Waals surface area contributed by atoms with Crippen LogP contribution in [0.15, 0.2) is 0 Å². The lowest BCUT2D eigenvalue weighted by Gasteiger charge is -2.38. The highest BCUT2D eigenvalue weighted by molar-refractivity contribution is 9.09. The van der Waals surface area contributed by atoms with Crippen molar-refractivity contribution in [2.24, 2.45) is 5.41 Å². The Balaban J connectivity index is 1.89. The summed E-state index contributed by atoms with van der Waals surface area (Å²) in [6.45, 7) is 7.71. The van der Waals surface area contributed by atoms with E-state index < -0.39 is 0 Å². The van der Waals surface area contributed by atoms with Crippen molar-refractivity contribution in [3.63, 3.8) is 0 Å². The number of hydrogen-bond acceptors (Lipinski definition) is 2. The molecule has 1 aliphatic heterocycles. The van der Waals surface area contributed by atoms with Crippen molar-refractivity contribution in [3.05, 3.63) is 0 Å². The zero-order valence-corrected chi connectivity index (χ0v) is 10.7. The van der Waals surface area contributed by atoms with E-state index in [9.17, 15) is 0 Å². The Morgan fingerprint density at radius 2 is 2.14 bits per heavy atom. The molecule has 2 rings (SSSR count). The number of alkyl halides is 1. The molecule has 2 unspecified atom stereocenters. The van der Waals surface area contributed by atoms with Gasteiger partial charge in [-0.1, -0.05) is 15.9 Å². The average Bonchev–Trinajstić information content (AvgIpc) is 2.92. The van der Waals surface area contributed by atoms with Crippen LogP contribution in [-0.2, 0) is 4.74 Å². The molecule has 0 bridgehead atoms. The molecule has 1 aliphatic carbocycles. The van der Waals surface area contributed by atoms with Crippen LogP contribution >= 0.6 is 15.9 Å². The number of halogens is 1. The zero-order chi connectivity index (χ0) is 10.2. The lowest BCUT2D eigenvalue weighted by atomic mass is 10.1. The topological polar surface area (TPSA) is 12.5 Å². The first-order valence-corrected chi connectivity index (χ1v) is 6.69. The third-order valence-corrected chi connectivity index (χ3v) is 4.71. The fraction of sp³-hybridized carbons (Fsp3) is 1.00. The Labute approximate surface area is 95.1 Å². The van der Waals surface area contributed by atoms with E-state index in [-0.39, 0.29) is 0 Å². The van der Waals surface area contributed by atoms with Crippen molar-refractivity contribution in [1.82, 2.24) is 4.90 Å². The quantitative estimate of drug-likeness (QED) is 0.723. The third kappa shape index (κ3) is 2.31. The summed E-state index contributed by atoms with van der Waals surface area (Å²) in [6, 6.07) is 0.600. The second kappa shape index (κ2) is 4.11. The SMILES string of the molecule is CC1CN(CC2(CBr)CC2)C(C)CO1. The average molecular weight is 262 g/mol. The molecule has 2 fully saturated rings. The summed E-state index contributed by atoms with van der Waals surface area (Å²) in [5.41, 5.74) is 0.602. The number of nitrogens with zero attached hydrogens (tertiary/aromatic N) is 1. The molecule has 1 saturated carbocycles. The number of rotatable bonds is 3. The summed E-state index contributed by atoms with van der Waals surface area (Å²) in [4.78, 5) is 2.60.